The average molecular weight is 369 g/mol. The highest BCUT2D eigenvalue weighted by molar-refractivity contribution is 7.99. The first kappa shape index (κ1) is 18.1. The SMILES string of the molecule is C=C(COc1ccc(Cl)cc1Cl)CSc1ccc(OC)c(C)c1. The van der Waals surface area contributed by atoms with E-state index in [1.165, 1.54) is 4.90 Å². The quantitative estimate of drug-likeness (QED) is 0.438. The number of hydrogen-bond acceptors (Lipinski definition) is 3. The molecule has 2 aromatic carbocycles. The molecule has 0 saturated heterocycles. The Bertz CT molecular complexity index is 701. The van der Waals surface area contributed by atoms with Gasteiger partial charge in [0, 0.05) is 15.7 Å². The van der Waals surface area contributed by atoms with E-state index < -0.39 is 0 Å². The van der Waals surface area contributed by atoms with E-state index in [1.807, 2.05) is 19.1 Å². The molecule has 2 aromatic rings. The second kappa shape index (κ2) is 8.53. The van der Waals surface area contributed by atoms with Gasteiger partial charge in [-0.3, -0.25) is 0 Å². The van der Waals surface area contributed by atoms with E-state index >= 15 is 0 Å². The minimum absolute atomic E-state index is 0.420. The summed E-state index contributed by atoms with van der Waals surface area (Å²) in [6, 6.07) is 11.3. The molecule has 0 saturated carbocycles. The molecule has 0 N–H and O–H groups in total. The van der Waals surface area contributed by atoms with Crippen LogP contribution in [0.3, 0.4) is 0 Å². The third kappa shape index (κ3) is 5.38. The highest BCUT2D eigenvalue weighted by atomic mass is 35.5. The Morgan fingerprint density at radius 2 is 1.87 bits per heavy atom. The molecular formula is C18H18Cl2O2S. The van der Waals surface area contributed by atoms with Crippen LogP contribution in [0.15, 0.2) is 53.4 Å². The largest absolute Gasteiger partial charge is 0.496 e. The molecule has 122 valence electrons. The maximum Gasteiger partial charge on any atom is 0.138 e. The zero-order valence-electron chi connectivity index (χ0n) is 13.1. The van der Waals surface area contributed by atoms with E-state index in [1.54, 1.807) is 37.1 Å². The van der Waals surface area contributed by atoms with Crippen molar-refractivity contribution in [2.24, 2.45) is 0 Å². The summed E-state index contributed by atoms with van der Waals surface area (Å²) in [6.07, 6.45) is 0. The minimum Gasteiger partial charge on any atom is -0.496 e. The van der Waals surface area contributed by atoms with Crippen LogP contribution in [0, 0.1) is 6.92 Å². The fourth-order valence-corrected chi connectivity index (χ4v) is 3.28. The van der Waals surface area contributed by atoms with E-state index in [0.29, 0.717) is 22.4 Å². The Morgan fingerprint density at radius 3 is 2.52 bits per heavy atom. The number of thioether (sulfide) groups is 1. The highest BCUT2D eigenvalue weighted by Gasteiger charge is 2.05. The van der Waals surface area contributed by atoms with E-state index in [-0.39, 0.29) is 0 Å². The summed E-state index contributed by atoms with van der Waals surface area (Å²) >= 11 is 13.7. The lowest BCUT2D eigenvalue weighted by Gasteiger charge is -2.11. The standard InChI is InChI=1S/C18H18Cl2O2S/c1-12(10-22-18-6-4-14(19)9-16(18)20)11-23-15-5-7-17(21-3)13(2)8-15/h4-9H,1,10-11H2,2-3H3. The number of hydrogen-bond donors (Lipinski definition) is 0. The number of rotatable bonds is 7. The first-order chi connectivity index (χ1) is 11.0. The van der Waals surface area contributed by atoms with Crippen LogP contribution in [0.4, 0.5) is 0 Å². The molecule has 2 nitrogen and oxygen atoms in total. The molecule has 0 heterocycles. The Balaban J connectivity index is 1.84. The van der Waals surface area contributed by atoms with Gasteiger partial charge in [0.1, 0.15) is 18.1 Å². The van der Waals surface area contributed by atoms with E-state index in [2.05, 4.69) is 12.6 Å². The smallest absolute Gasteiger partial charge is 0.138 e. The fraction of sp³-hybridized carbons (Fsp3) is 0.222. The normalized spacial score (nSPS) is 10.4. The third-order valence-corrected chi connectivity index (χ3v) is 4.81. The summed E-state index contributed by atoms with van der Waals surface area (Å²) < 4.78 is 10.9. The number of halogens is 2. The monoisotopic (exact) mass is 368 g/mol. The van der Waals surface area contributed by atoms with Crippen molar-refractivity contribution in [2.45, 2.75) is 11.8 Å². The first-order valence-electron chi connectivity index (χ1n) is 7.01. The van der Waals surface area contributed by atoms with Gasteiger partial charge in [0.15, 0.2) is 0 Å². The van der Waals surface area contributed by atoms with Crippen LogP contribution in [0.1, 0.15) is 5.56 Å². The van der Waals surface area contributed by atoms with Crippen molar-refractivity contribution in [2.75, 3.05) is 19.5 Å². The Kier molecular flexibility index (Phi) is 6.70. The zero-order valence-corrected chi connectivity index (χ0v) is 15.4. The molecule has 0 bridgehead atoms. The second-order valence-electron chi connectivity index (χ2n) is 5.03. The number of benzene rings is 2. The van der Waals surface area contributed by atoms with E-state index in [9.17, 15) is 0 Å². The maximum absolute atomic E-state index is 6.08. The number of methoxy groups -OCH3 is 1. The lowest BCUT2D eigenvalue weighted by molar-refractivity contribution is 0.353. The first-order valence-corrected chi connectivity index (χ1v) is 8.75. The number of aryl methyl sites for hydroxylation is 1. The van der Waals surface area contributed by atoms with Crippen LogP contribution in [-0.4, -0.2) is 19.5 Å². The second-order valence-corrected chi connectivity index (χ2v) is 6.93. The number of ether oxygens (including phenoxy) is 2. The van der Waals surface area contributed by atoms with Crippen LogP contribution in [0.25, 0.3) is 0 Å². The Morgan fingerprint density at radius 1 is 1.13 bits per heavy atom. The summed E-state index contributed by atoms with van der Waals surface area (Å²) in [7, 11) is 1.68. The molecule has 5 heteroatoms. The average Bonchev–Trinajstić information content (AvgIpc) is 2.52. The van der Waals surface area contributed by atoms with Gasteiger partial charge >= 0.3 is 0 Å². The van der Waals surface area contributed by atoms with Crippen LogP contribution in [0.2, 0.25) is 10.0 Å². The summed E-state index contributed by atoms with van der Waals surface area (Å²) in [6.45, 7) is 6.50. The molecule has 0 spiro atoms. The molecule has 0 aliphatic carbocycles. The Labute approximate surface area is 151 Å². The lowest BCUT2D eigenvalue weighted by atomic mass is 10.2. The molecule has 0 unspecified atom stereocenters. The molecule has 0 atom stereocenters. The van der Waals surface area contributed by atoms with Crippen molar-refractivity contribution in [3.8, 4) is 11.5 Å². The predicted octanol–water partition coefficient (Wildman–Crippen LogP) is 6.04. The highest BCUT2D eigenvalue weighted by Crippen LogP contribution is 2.29. The topological polar surface area (TPSA) is 18.5 Å². The summed E-state index contributed by atoms with van der Waals surface area (Å²) in [5.41, 5.74) is 2.10. The van der Waals surface area contributed by atoms with Gasteiger partial charge in [0.05, 0.1) is 12.1 Å². The lowest BCUT2D eigenvalue weighted by Crippen LogP contribution is -2.02. The fourth-order valence-electron chi connectivity index (χ4n) is 1.94. The van der Waals surface area contributed by atoms with Gasteiger partial charge in [-0.15, -0.1) is 11.8 Å². The van der Waals surface area contributed by atoms with Gasteiger partial charge in [-0.2, -0.15) is 0 Å². The van der Waals surface area contributed by atoms with Crippen molar-refractivity contribution < 1.29 is 9.47 Å². The molecular weight excluding hydrogens is 351 g/mol. The Hall–Kier alpha value is -1.29. The summed E-state index contributed by atoms with van der Waals surface area (Å²) in [5.74, 6) is 2.29. The van der Waals surface area contributed by atoms with Gasteiger partial charge in [-0.25, -0.2) is 0 Å². The summed E-state index contributed by atoms with van der Waals surface area (Å²) in [5, 5.41) is 1.09. The molecule has 2 rings (SSSR count). The van der Waals surface area contributed by atoms with Crippen LogP contribution in [0.5, 0.6) is 11.5 Å². The predicted molar refractivity (Wildman–Crippen MR) is 99.6 cm³/mol. The maximum atomic E-state index is 6.08. The van der Waals surface area contributed by atoms with Crippen LogP contribution >= 0.6 is 35.0 Å². The molecule has 0 fully saturated rings. The molecule has 0 aliphatic rings. The van der Waals surface area contributed by atoms with Crippen molar-refractivity contribution in [1.82, 2.24) is 0 Å². The van der Waals surface area contributed by atoms with Crippen LogP contribution < -0.4 is 9.47 Å². The van der Waals surface area contributed by atoms with E-state index in [4.69, 9.17) is 32.7 Å². The van der Waals surface area contributed by atoms with Crippen molar-refractivity contribution in [3.63, 3.8) is 0 Å². The molecule has 23 heavy (non-hydrogen) atoms. The summed E-state index contributed by atoms with van der Waals surface area (Å²) in [4.78, 5) is 1.17. The van der Waals surface area contributed by atoms with Gasteiger partial charge in [0.2, 0.25) is 0 Å². The van der Waals surface area contributed by atoms with Gasteiger partial charge in [0.25, 0.3) is 0 Å². The third-order valence-electron chi connectivity index (χ3n) is 3.13. The molecule has 0 aliphatic heterocycles. The van der Waals surface area contributed by atoms with Crippen molar-refractivity contribution in [3.05, 3.63) is 64.2 Å². The molecule has 0 radical (unpaired) electrons. The van der Waals surface area contributed by atoms with Gasteiger partial charge in [-0.05, 0) is 54.5 Å². The zero-order chi connectivity index (χ0) is 16.8. The van der Waals surface area contributed by atoms with Gasteiger partial charge < -0.3 is 9.47 Å². The molecule has 0 aromatic heterocycles. The van der Waals surface area contributed by atoms with Crippen LogP contribution in [-0.2, 0) is 0 Å². The van der Waals surface area contributed by atoms with E-state index in [0.717, 1.165) is 22.6 Å². The van der Waals surface area contributed by atoms with Crippen molar-refractivity contribution >= 4 is 35.0 Å². The minimum atomic E-state index is 0.420. The molecule has 0 amide bonds. The van der Waals surface area contributed by atoms with Gasteiger partial charge in [-0.1, -0.05) is 29.8 Å². The van der Waals surface area contributed by atoms with Crippen molar-refractivity contribution in [1.29, 1.82) is 0 Å².